The fourth-order valence-electron chi connectivity index (χ4n) is 4.56. The molecule has 3 amide bonds. The second kappa shape index (κ2) is 17.1. The molecule has 0 radical (unpaired) electrons. The van der Waals surface area contributed by atoms with Crippen LogP contribution in [0.15, 0.2) is 48.0 Å². The van der Waals surface area contributed by atoms with Crippen molar-refractivity contribution < 1.29 is 29.0 Å². The van der Waals surface area contributed by atoms with Crippen molar-refractivity contribution in [2.75, 3.05) is 27.3 Å². The van der Waals surface area contributed by atoms with Gasteiger partial charge in [-0.05, 0) is 43.7 Å². The van der Waals surface area contributed by atoms with Crippen LogP contribution < -0.4 is 20.1 Å². The number of carbonyl (C=O) groups is 3. The van der Waals surface area contributed by atoms with Gasteiger partial charge in [-0.25, -0.2) is 14.8 Å². The van der Waals surface area contributed by atoms with E-state index in [1.807, 2.05) is 43.5 Å². The maximum Gasteiger partial charge on any atom is 0.317 e. The minimum Gasteiger partial charge on any atom is -0.497 e. The molecule has 1 aromatic carbocycles. The Hall–Kier alpha value is -4.19. The third kappa shape index (κ3) is 9.67. The molecular formula is C31H41N5O6S. The molecule has 3 aromatic rings. The molecule has 0 spiro atoms. The van der Waals surface area contributed by atoms with Crippen LogP contribution in [0.4, 0.5) is 4.79 Å². The van der Waals surface area contributed by atoms with Gasteiger partial charge in [0, 0.05) is 55.2 Å². The van der Waals surface area contributed by atoms with E-state index in [9.17, 15) is 9.59 Å². The molecule has 3 atom stereocenters. The lowest BCUT2D eigenvalue weighted by atomic mass is 10.1. The Labute approximate surface area is 256 Å². The lowest BCUT2D eigenvalue weighted by Gasteiger charge is -2.24. The fraction of sp³-hybridized carbons (Fsp3) is 0.452. The van der Waals surface area contributed by atoms with E-state index in [1.54, 1.807) is 25.3 Å². The predicted octanol–water partition coefficient (Wildman–Crippen LogP) is 5.12. The summed E-state index contributed by atoms with van der Waals surface area (Å²) in [7, 11) is 3.38. The van der Waals surface area contributed by atoms with Crippen LogP contribution in [0.25, 0.3) is 21.6 Å². The van der Waals surface area contributed by atoms with Crippen LogP contribution in [-0.4, -0.2) is 77.8 Å². The quantitative estimate of drug-likeness (QED) is 0.258. The number of methoxy groups -OCH3 is 1. The highest BCUT2D eigenvalue weighted by Gasteiger charge is 2.37. The van der Waals surface area contributed by atoms with E-state index >= 15 is 0 Å². The lowest BCUT2D eigenvalue weighted by molar-refractivity contribution is -0.124. The monoisotopic (exact) mass is 611 g/mol. The van der Waals surface area contributed by atoms with E-state index in [-0.39, 0.29) is 31.1 Å². The number of pyridine rings is 1. The van der Waals surface area contributed by atoms with Gasteiger partial charge in [0.1, 0.15) is 28.2 Å². The van der Waals surface area contributed by atoms with Gasteiger partial charge in [-0.3, -0.25) is 9.59 Å². The number of rotatable bonds is 6. The van der Waals surface area contributed by atoms with Gasteiger partial charge in [-0.1, -0.05) is 26.0 Å². The summed E-state index contributed by atoms with van der Waals surface area (Å²) in [6.45, 7) is 4.63. The van der Waals surface area contributed by atoms with Gasteiger partial charge >= 0.3 is 6.03 Å². The summed E-state index contributed by atoms with van der Waals surface area (Å²) in [4.78, 5) is 45.1. The molecule has 12 heteroatoms. The first-order valence-electron chi connectivity index (χ1n) is 14.5. The maximum absolute atomic E-state index is 13.2. The zero-order valence-corrected chi connectivity index (χ0v) is 25.9. The van der Waals surface area contributed by atoms with Gasteiger partial charge in [0.15, 0.2) is 0 Å². The largest absolute Gasteiger partial charge is 0.497 e. The molecule has 3 heterocycles. The Balaban J connectivity index is 0.000000953. The van der Waals surface area contributed by atoms with Crippen LogP contribution in [0.2, 0.25) is 0 Å². The summed E-state index contributed by atoms with van der Waals surface area (Å²) in [5.41, 5.74) is 1.43. The number of thiazole rings is 1. The second-order valence-corrected chi connectivity index (χ2v) is 10.7. The highest BCUT2D eigenvalue weighted by atomic mass is 32.1. The van der Waals surface area contributed by atoms with E-state index < -0.39 is 6.04 Å². The fourth-order valence-corrected chi connectivity index (χ4v) is 5.15. The number of carbonyl (C=O) groups excluding carboxylic acids is 2. The number of hydrogen-bond acceptors (Lipinski definition) is 8. The third-order valence-corrected chi connectivity index (χ3v) is 7.72. The standard InChI is InChI=1S/C28H33N5O4S.C2H6.CH2O2/c1-33-12-6-4-3-5-7-18-15-22(18)31-26(34)21(32-28(33)35)10-13-37-25-17-24(27-29-11-14-38-27)30-23-16-19(36-2)8-9-20(23)25;1-2;2-1-3/h5,7-9,11,14,16-18,21-22H,3-4,6,10,12-13,15H2,1-2H3,(H,31,34)(H,32,35);1-2H3;1H,(H,2,3)/b7-5-;;/t18-,21?,22?;;/m1../s1. The highest BCUT2D eigenvalue weighted by molar-refractivity contribution is 7.13. The molecule has 5 rings (SSSR count). The number of hydrogen-bond donors (Lipinski definition) is 3. The average molecular weight is 612 g/mol. The number of allylic oxidation sites excluding steroid dienone is 1. The molecule has 3 N–H and O–H groups in total. The number of nitrogens with one attached hydrogen (secondary N) is 2. The van der Waals surface area contributed by atoms with Gasteiger partial charge in [-0.2, -0.15) is 0 Å². The first-order valence-corrected chi connectivity index (χ1v) is 15.4. The zero-order valence-electron chi connectivity index (χ0n) is 25.1. The van der Waals surface area contributed by atoms with Crippen LogP contribution in [0.3, 0.4) is 0 Å². The topological polar surface area (TPSA) is 143 Å². The molecule has 43 heavy (non-hydrogen) atoms. The van der Waals surface area contributed by atoms with Gasteiger partial charge in [0.05, 0.1) is 19.2 Å². The number of aromatic nitrogens is 2. The number of fused-ring (bicyclic) bond motifs is 2. The van der Waals surface area contributed by atoms with E-state index in [1.165, 1.54) is 11.3 Å². The van der Waals surface area contributed by atoms with Gasteiger partial charge in [-0.15, -0.1) is 11.3 Å². The number of urea groups is 1. The van der Waals surface area contributed by atoms with Crippen molar-refractivity contribution in [1.29, 1.82) is 0 Å². The van der Waals surface area contributed by atoms with E-state index in [2.05, 4.69) is 27.8 Å². The van der Waals surface area contributed by atoms with Crippen molar-refractivity contribution in [2.45, 2.75) is 58.0 Å². The Kier molecular flexibility index (Phi) is 13.2. The molecule has 2 unspecified atom stereocenters. The van der Waals surface area contributed by atoms with Gasteiger partial charge in [0.25, 0.3) is 6.47 Å². The first kappa shape index (κ1) is 33.3. The molecule has 0 saturated heterocycles. The SMILES string of the molecule is CC.COc1ccc2c(OCCC3NC(=O)N(C)CCCC/C=C\[C@@H]4CC4NC3=O)cc(-c3nccs3)nc2c1.O=CO. The minimum absolute atomic E-state index is 0.125. The van der Waals surface area contributed by atoms with Crippen molar-refractivity contribution in [3.05, 3.63) is 48.0 Å². The number of carboxylic acid groups (broad SMARTS) is 1. The number of ether oxygens (including phenoxy) is 2. The molecule has 1 saturated carbocycles. The average Bonchev–Trinajstić information content (AvgIpc) is 3.50. The molecule has 2 aliphatic rings. The van der Waals surface area contributed by atoms with Crippen molar-refractivity contribution in [1.82, 2.24) is 25.5 Å². The number of benzene rings is 1. The summed E-state index contributed by atoms with van der Waals surface area (Å²) >= 11 is 1.50. The summed E-state index contributed by atoms with van der Waals surface area (Å²) in [5, 5.41) is 16.4. The van der Waals surface area contributed by atoms with Crippen molar-refractivity contribution in [3.63, 3.8) is 0 Å². The van der Waals surface area contributed by atoms with Crippen LogP contribution in [0.1, 0.15) is 46.0 Å². The summed E-state index contributed by atoms with van der Waals surface area (Å²) in [5.74, 6) is 1.53. The zero-order chi connectivity index (χ0) is 31.2. The van der Waals surface area contributed by atoms with Crippen LogP contribution in [-0.2, 0) is 9.59 Å². The Morgan fingerprint density at radius 2 is 1.98 bits per heavy atom. The van der Waals surface area contributed by atoms with Gasteiger partial charge in [0.2, 0.25) is 5.91 Å². The van der Waals surface area contributed by atoms with Crippen molar-refractivity contribution >= 4 is 40.7 Å². The maximum atomic E-state index is 13.2. The van der Waals surface area contributed by atoms with Crippen molar-refractivity contribution in [3.8, 4) is 22.2 Å². The molecular weight excluding hydrogens is 570 g/mol. The first-order chi connectivity index (χ1) is 20.9. The van der Waals surface area contributed by atoms with Crippen LogP contribution in [0, 0.1) is 5.92 Å². The predicted molar refractivity (Wildman–Crippen MR) is 168 cm³/mol. The molecule has 1 fully saturated rings. The minimum atomic E-state index is -0.704. The summed E-state index contributed by atoms with van der Waals surface area (Å²) in [6.07, 6.45) is 10.4. The number of amides is 3. The van der Waals surface area contributed by atoms with Crippen molar-refractivity contribution in [2.24, 2.45) is 5.92 Å². The Bertz CT molecular complexity index is 1370. The summed E-state index contributed by atoms with van der Waals surface area (Å²) in [6, 6.07) is 6.67. The number of nitrogens with zero attached hydrogens (tertiary/aromatic N) is 3. The normalized spacial score (nSPS) is 20.8. The second-order valence-electron chi connectivity index (χ2n) is 9.83. The molecule has 1 aliphatic heterocycles. The molecule has 0 bridgehead atoms. The van der Waals surface area contributed by atoms with Crippen LogP contribution >= 0.6 is 11.3 Å². The lowest BCUT2D eigenvalue weighted by Crippen LogP contribution is -2.51. The molecule has 11 nitrogen and oxygen atoms in total. The highest BCUT2D eigenvalue weighted by Crippen LogP contribution is 2.34. The smallest absolute Gasteiger partial charge is 0.317 e. The third-order valence-electron chi connectivity index (χ3n) is 6.92. The van der Waals surface area contributed by atoms with E-state index in [0.717, 1.165) is 41.6 Å². The molecule has 232 valence electrons. The van der Waals surface area contributed by atoms with E-state index in [0.29, 0.717) is 36.1 Å². The van der Waals surface area contributed by atoms with Crippen LogP contribution in [0.5, 0.6) is 11.5 Å². The molecule has 1 aliphatic carbocycles. The Morgan fingerprint density at radius 3 is 2.70 bits per heavy atom. The van der Waals surface area contributed by atoms with Gasteiger partial charge < -0.3 is 30.1 Å². The molecule has 2 aromatic heterocycles. The van der Waals surface area contributed by atoms with E-state index in [4.69, 9.17) is 24.4 Å². The Morgan fingerprint density at radius 1 is 1.19 bits per heavy atom. The summed E-state index contributed by atoms with van der Waals surface area (Å²) < 4.78 is 11.6.